The van der Waals surface area contributed by atoms with Gasteiger partial charge in [-0.25, -0.2) is 9.38 Å². The lowest BCUT2D eigenvalue weighted by Gasteiger charge is -2.12. The standard InChI is InChI=1S/C21H24FN5/c1-2-23-21(25-15-19-9-3-4-10-20(19)22)24-14-17-7-5-8-18(13-17)16-27-12-6-11-26-27/h3-13H,2,14-16H2,1H3,(H2,23,24,25). The Bertz CT molecular complexity index is 874. The summed E-state index contributed by atoms with van der Waals surface area (Å²) in [4.78, 5) is 4.62. The van der Waals surface area contributed by atoms with Gasteiger partial charge in [0.25, 0.3) is 0 Å². The number of halogens is 1. The SMILES string of the molecule is CCNC(=NCc1cccc(Cn2cccn2)c1)NCc1ccccc1F. The van der Waals surface area contributed by atoms with E-state index >= 15 is 0 Å². The van der Waals surface area contributed by atoms with Crippen LogP contribution in [-0.4, -0.2) is 22.3 Å². The minimum atomic E-state index is -0.216. The first-order valence-electron chi connectivity index (χ1n) is 9.05. The number of hydrogen-bond acceptors (Lipinski definition) is 2. The number of benzene rings is 2. The van der Waals surface area contributed by atoms with E-state index in [2.05, 4.69) is 38.9 Å². The summed E-state index contributed by atoms with van der Waals surface area (Å²) in [6.07, 6.45) is 3.72. The first-order valence-corrected chi connectivity index (χ1v) is 9.05. The van der Waals surface area contributed by atoms with Crippen molar-refractivity contribution in [3.63, 3.8) is 0 Å². The lowest BCUT2D eigenvalue weighted by molar-refractivity contribution is 0.604. The molecule has 27 heavy (non-hydrogen) atoms. The first-order chi connectivity index (χ1) is 13.2. The summed E-state index contributed by atoms with van der Waals surface area (Å²) in [7, 11) is 0. The van der Waals surface area contributed by atoms with Gasteiger partial charge in [-0.2, -0.15) is 5.10 Å². The number of aliphatic imine (C=N–C) groups is 1. The first kappa shape index (κ1) is 18.6. The Morgan fingerprint density at radius 3 is 2.70 bits per heavy atom. The van der Waals surface area contributed by atoms with Gasteiger partial charge in [0.1, 0.15) is 5.82 Å². The minimum absolute atomic E-state index is 0.216. The van der Waals surface area contributed by atoms with Gasteiger partial charge in [0, 0.05) is 31.0 Å². The third-order valence-electron chi connectivity index (χ3n) is 4.06. The third kappa shape index (κ3) is 5.67. The van der Waals surface area contributed by atoms with Crippen molar-refractivity contribution in [2.24, 2.45) is 4.99 Å². The number of hydrogen-bond donors (Lipinski definition) is 2. The molecule has 0 fully saturated rings. The zero-order valence-electron chi connectivity index (χ0n) is 15.4. The zero-order valence-corrected chi connectivity index (χ0v) is 15.4. The minimum Gasteiger partial charge on any atom is -0.357 e. The highest BCUT2D eigenvalue weighted by molar-refractivity contribution is 5.79. The Morgan fingerprint density at radius 2 is 1.93 bits per heavy atom. The number of rotatable bonds is 7. The van der Waals surface area contributed by atoms with Crippen molar-refractivity contribution in [3.8, 4) is 0 Å². The van der Waals surface area contributed by atoms with E-state index in [0.717, 1.165) is 18.7 Å². The quantitative estimate of drug-likeness (QED) is 0.499. The lowest BCUT2D eigenvalue weighted by Crippen LogP contribution is -2.37. The van der Waals surface area contributed by atoms with E-state index in [1.54, 1.807) is 18.3 Å². The van der Waals surface area contributed by atoms with Crippen molar-refractivity contribution in [2.75, 3.05) is 6.54 Å². The molecule has 0 aliphatic carbocycles. The van der Waals surface area contributed by atoms with E-state index in [0.29, 0.717) is 24.6 Å². The summed E-state index contributed by atoms with van der Waals surface area (Å²) in [5.41, 5.74) is 2.91. The molecule has 0 atom stereocenters. The van der Waals surface area contributed by atoms with Crippen LogP contribution in [0.4, 0.5) is 4.39 Å². The molecule has 0 aliphatic rings. The van der Waals surface area contributed by atoms with Crippen molar-refractivity contribution >= 4 is 5.96 Å². The average Bonchev–Trinajstić information content (AvgIpc) is 3.18. The van der Waals surface area contributed by atoms with Crippen LogP contribution in [0.2, 0.25) is 0 Å². The predicted octanol–water partition coefficient (Wildman–Crippen LogP) is 3.33. The van der Waals surface area contributed by atoms with Gasteiger partial charge in [-0.3, -0.25) is 4.68 Å². The molecule has 3 aromatic rings. The highest BCUT2D eigenvalue weighted by atomic mass is 19.1. The second-order valence-corrected chi connectivity index (χ2v) is 6.16. The molecule has 0 spiro atoms. The van der Waals surface area contributed by atoms with E-state index < -0.39 is 0 Å². The van der Waals surface area contributed by atoms with Gasteiger partial charge in [0.05, 0.1) is 13.1 Å². The van der Waals surface area contributed by atoms with Crippen LogP contribution in [0.5, 0.6) is 0 Å². The van der Waals surface area contributed by atoms with Crippen LogP contribution in [-0.2, 0) is 19.6 Å². The fourth-order valence-electron chi connectivity index (χ4n) is 2.74. The third-order valence-corrected chi connectivity index (χ3v) is 4.06. The van der Waals surface area contributed by atoms with Gasteiger partial charge in [0.2, 0.25) is 0 Å². The highest BCUT2D eigenvalue weighted by Crippen LogP contribution is 2.09. The Labute approximate surface area is 159 Å². The lowest BCUT2D eigenvalue weighted by atomic mass is 10.1. The molecule has 0 aliphatic heterocycles. The topological polar surface area (TPSA) is 54.2 Å². The molecule has 0 saturated heterocycles. The summed E-state index contributed by atoms with van der Waals surface area (Å²) in [6.45, 7) is 4.40. The van der Waals surface area contributed by atoms with Crippen LogP contribution in [0, 0.1) is 5.82 Å². The largest absolute Gasteiger partial charge is 0.357 e. The molecular weight excluding hydrogens is 341 g/mol. The molecule has 1 heterocycles. The van der Waals surface area contributed by atoms with E-state index in [4.69, 9.17) is 0 Å². The fraction of sp³-hybridized carbons (Fsp3) is 0.238. The molecule has 2 N–H and O–H groups in total. The van der Waals surface area contributed by atoms with Crippen LogP contribution >= 0.6 is 0 Å². The van der Waals surface area contributed by atoms with Gasteiger partial charge in [-0.15, -0.1) is 0 Å². The van der Waals surface area contributed by atoms with Crippen LogP contribution in [0.3, 0.4) is 0 Å². The van der Waals surface area contributed by atoms with Gasteiger partial charge in [-0.1, -0.05) is 42.5 Å². The predicted molar refractivity (Wildman–Crippen MR) is 106 cm³/mol. The van der Waals surface area contributed by atoms with Crippen molar-refractivity contribution in [1.29, 1.82) is 0 Å². The van der Waals surface area contributed by atoms with Crippen molar-refractivity contribution in [1.82, 2.24) is 20.4 Å². The summed E-state index contributed by atoms with van der Waals surface area (Å²) < 4.78 is 15.7. The smallest absolute Gasteiger partial charge is 0.191 e. The van der Waals surface area contributed by atoms with Gasteiger partial charge in [0.15, 0.2) is 5.96 Å². The molecule has 6 heteroatoms. The Morgan fingerprint density at radius 1 is 1.07 bits per heavy atom. The Hall–Kier alpha value is -3.15. The Kier molecular flexibility index (Phi) is 6.57. The van der Waals surface area contributed by atoms with Gasteiger partial charge in [-0.05, 0) is 30.2 Å². The van der Waals surface area contributed by atoms with Crippen LogP contribution in [0.15, 0.2) is 72.0 Å². The van der Waals surface area contributed by atoms with Gasteiger partial charge >= 0.3 is 0 Å². The number of guanidine groups is 1. The van der Waals surface area contributed by atoms with Crippen molar-refractivity contribution < 1.29 is 4.39 Å². The summed E-state index contributed by atoms with van der Waals surface area (Å²) in [5, 5.41) is 10.6. The molecule has 0 radical (unpaired) electrons. The van der Waals surface area contributed by atoms with E-state index in [-0.39, 0.29) is 5.82 Å². The van der Waals surface area contributed by atoms with Crippen molar-refractivity contribution in [2.45, 2.75) is 26.6 Å². The molecule has 140 valence electrons. The number of nitrogens with one attached hydrogen (secondary N) is 2. The maximum absolute atomic E-state index is 13.8. The average molecular weight is 365 g/mol. The Balaban J connectivity index is 1.63. The maximum atomic E-state index is 13.8. The second-order valence-electron chi connectivity index (χ2n) is 6.16. The molecular formula is C21H24FN5. The maximum Gasteiger partial charge on any atom is 0.191 e. The van der Waals surface area contributed by atoms with Crippen LogP contribution < -0.4 is 10.6 Å². The molecule has 3 rings (SSSR count). The zero-order chi connectivity index (χ0) is 18.9. The molecule has 2 aromatic carbocycles. The molecule has 0 saturated carbocycles. The molecule has 5 nitrogen and oxygen atoms in total. The normalized spacial score (nSPS) is 11.4. The summed E-state index contributed by atoms with van der Waals surface area (Å²) in [5.74, 6) is 0.449. The number of nitrogens with zero attached hydrogens (tertiary/aromatic N) is 3. The fourth-order valence-corrected chi connectivity index (χ4v) is 2.74. The molecule has 1 aromatic heterocycles. The van der Waals surface area contributed by atoms with E-state index in [9.17, 15) is 4.39 Å². The highest BCUT2D eigenvalue weighted by Gasteiger charge is 2.03. The summed E-state index contributed by atoms with van der Waals surface area (Å²) in [6, 6.07) is 17.0. The second kappa shape index (κ2) is 9.52. The number of aromatic nitrogens is 2. The van der Waals surface area contributed by atoms with Gasteiger partial charge < -0.3 is 10.6 Å². The van der Waals surface area contributed by atoms with E-state index in [1.165, 1.54) is 11.6 Å². The van der Waals surface area contributed by atoms with E-state index in [1.807, 2.05) is 36.0 Å². The van der Waals surface area contributed by atoms with Crippen molar-refractivity contribution in [3.05, 3.63) is 89.5 Å². The van der Waals surface area contributed by atoms with Crippen LogP contribution in [0.1, 0.15) is 23.6 Å². The monoisotopic (exact) mass is 365 g/mol. The molecule has 0 bridgehead atoms. The molecule has 0 unspecified atom stereocenters. The molecule has 0 amide bonds. The summed E-state index contributed by atoms with van der Waals surface area (Å²) >= 11 is 0. The van der Waals surface area contributed by atoms with Crippen LogP contribution in [0.25, 0.3) is 0 Å².